The maximum absolute atomic E-state index is 12.1. The minimum absolute atomic E-state index is 0.144. The van der Waals surface area contributed by atoms with Crippen molar-refractivity contribution in [2.24, 2.45) is 4.99 Å². The molecule has 2 aromatic rings. The van der Waals surface area contributed by atoms with Crippen LogP contribution in [0.1, 0.15) is 24.0 Å². The van der Waals surface area contributed by atoms with Gasteiger partial charge in [-0.15, -0.1) is 11.8 Å². The van der Waals surface area contributed by atoms with Gasteiger partial charge in [-0.05, 0) is 60.7 Å². The van der Waals surface area contributed by atoms with E-state index in [0.717, 1.165) is 29.1 Å². The molecule has 2 heterocycles. The average Bonchev–Trinajstić information content (AvgIpc) is 3.28. The summed E-state index contributed by atoms with van der Waals surface area (Å²) in [5.74, 6) is -0.0332. The lowest BCUT2D eigenvalue weighted by Crippen LogP contribution is -2.23. The second kappa shape index (κ2) is 7.40. The predicted molar refractivity (Wildman–Crippen MR) is 107 cm³/mol. The number of esters is 1. The van der Waals surface area contributed by atoms with Gasteiger partial charge in [-0.2, -0.15) is 0 Å². The van der Waals surface area contributed by atoms with Crippen molar-refractivity contribution in [3.8, 4) is 0 Å². The minimum atomic E-state index is -0.460. The summed E-state index contributed by atoms with van der Waals surface area (Å²) < 4.78 is 5.32. The van der Waals surface area contributed by atoms with E-state index in [1.807, 2.05) is 54.8 Å². The smallest absolute Gasteiger partial charge is 0.363 e. The second-order valence-corrected chi connectivity index (χ2v) is 7.18. The molecule has 0 spiro atoms. The van der Waals surface area contributed by atoms with Gasteiger partial charge in [0, 0.05) is 29.1 Å². The Morgan fingerprint density at radius 3 is 2.44 bits per heavy atom. The summed E-state index contributed by atoms with van der Waals surface area (Å²) in [6.45, 7) is 0.746. The maximum atomic E-state index is 12.1. The largest absolute Gasteiger partial charge is 0.402 e. The molecule has 2 aliphatic heterocycles. The molecule has 1 amide bonds. The molecule has 0 bridgehead atoms. The van der Waals surface area contributed by atoms with Gasteiger partial charge < -0.3 is 9.64 Å². The van der Waals surface area contributed by atoms with Crippen molar-refractivity contribution in [2.75, 3.05) is 17.7 Å². The van der Waals surface area contributed by atoms with Crippen molar-refractivity contribution in [1.29, 1.82) is 0 Å². The van der Waals surface area contributed by atoms with Crippen LogP contribution in [-0.4, -0.2) is 30.6 Å². The van der Waals surface area contributed by atoms with Gasteiger partial charge in [-0.3, -0.25) is 4.79 Å². The lowest BCUT2D eigenvalue weighted by atomic mass is 10.2. The van der Waals surface area contributed by atoms with Gasteiger partial charge in [0.15, 0.2) is 5.70 Å². The molecule has 1 fully saturated rings. The summed E-state index contributed by atoms with van der Waals surface area (Å²) in [5.41, 5.74) is 2.74. The van der Waals surface area contributed by atoms with E-state index in [4.69, 9.17) is 4.74 Å². The van der Waals surface area contributed by atoms with E-state index in [1.54, 1.807) is 22.7 Å². The van der Waals surface area contributed by atoms with Crippen LogP contribution in [0, 0.1) is 0 Å². The number of rotatable bonds is 4. The highest BCUT2D eigenvalue weighted by molar-refractivity contribution is 7.98. The van der Waals surface area contributed by atoms with E-state index in [-0.39, 0.29) is 17.5 Å². The van der Waals surface area contributed by atoms with Gasteiger partial charge >= 0.3 is 5.97 Å². The standard InChI is InChI=1S/C21H18N2O3S/c1-27-17-10-4-14(5-11-17)13-18-21(25)26-20(22-18)15-6-8-16(9-7-15)23-12-2-3-19(23)24/h4-11,13H,2-3,12H2,1H3. The third-order valence-electron chi connectivity index (χ3n) is 4.54. The van der Waals surface area contributed by atoms with Crippen LogP contribution in [0.3, 0.4) is 0 Å². The number of ether oxygens (including phenoxy) is 1. The van der Waals surface area contributed by atoms with E-state index < -0.39 is 5.97 Å². The number of benzene rings is 2. The van der Waals surface area contributed by atoms with Crippen LogP contribution in [0.5, 0.6) is 0 Å². The molecule has 0 aromatic heterocycles. The monoisotopic (exact) mass is 378 g/mol. The summed E-state index contributed by atoms with van der Waals surface area (Å²) >= 11 is 1.66. The molecule has 0 N–H and O–H groups in total. The number of amides is 1. The van der Waals surface area contributed by atoms with Crippen LogP contribution in [0.4, 0.5) is 5.69 Å². The zero-order valence-corrected chi connectivity index (χ0v) is 15.7. The van der Waals surface area contributed by atoms with Gasteiger partial charge in [0.25, 0.3) is 0 Å². The quantitative estimate of drug-likeness (QED) is 0.460. The molecule has 136 valence electrons. The van der Waals surface area contributed by atoms with E-state index in [2.05, 4.69) is 4.99 Å². The van der Waals surface area contributed by atoms with Crippen molar-refractivity contribution in [2.45, 2.75) is 17.7 Å². The molecule has 5 nitrogen and oxygen atoms in total. The fourth-order valence-corrected chi connectivity index (χ4v) is 3.50. The van der Waals surface area contributed by atoms with Crippen molar-refractivity contribution < 1.29 is 14.3 Å². The van der Waals surface area contributed by atoms with Crippen LogP contribution in [-0.2, 0) is 14.3 Å². The van der Waals surface area contributed by atoms with Crippen molar-refractivity contribution in [1.82, 2.24) is 0 Å². The van der Waals surface area contributed by atoms with Crippen LogP contribution in [0.2, 0.25) is 0 Å². The van der Waals surface area contributed by atoms with Gasteiger partial charge in [0.05, 0.1) is 0 Å². The number of aliphatic imine (C=N–C) groups is 1. The number of hydrogen-bond acceptors (Lipinski definition) is 5. The summed E-state index contributed by atoms with van der Waals surface area (Å²) in [7, 11) is 0. The van der Waals surface area contributed by atoms with E-state index >= 15 is 0 Å². The first kappa shape index (κ1) is 17.5. The molecule has 4 rings (SSSR count). The van der Waals surface area contributed by atoms with Gasteiger partial charge in [-0.1, -0.05) is 12.1 Å². The molecule has 2 aliphatic rings. The van der Waals surface area contributed by atoms with Crippen LogP contribution in [0.25, 0.3) is 6.08 Å². The Hall–Kier alpha value is -2.86. The van der Waals surface area contributed by atoms with E-state index in [9.17, 15) is 9.59 Å². The number of nitrogens with zero attached hydrogens (tertiary/aromatic N) is 2. The van der Waals surface area contributed by atoms with E-state index in [0.29, 0.717) is 12.0 Å². The van der Waals surface area contributed by atoms with Crippen LogP contribution < -0.4 is 4.90 Å². The topological polar surface area (TPSA) is 59.0 Å². The highest BCUT2D eigenvalue weighted by atomic mass is 32.2. The zero-order chi connectivity index (χ0) is 18.8. The predicted octanol–water partition coefficient (Wildman–Crippen LogP) is 3.88. The summed E-state index contributed by atoms with van der Waals surface area (Å²) in [4.78, 5) is 31.3. The highest BCUT2D eigenvalue weighted by Gasteiger charge is 2.25. The molecule has 0 saturated carbocycles. The first-order valence-corrected chi connectivity index (χ1v) is 9.94. The molecular weight excluding hydrogens is 360 g/mol. The Bertz CT molecular complexity index is 946. The Kier molecular flexibility index (Phi) is 4.81. The molecule has 2 aromatic carbocycles. The summed E-state index contributed by atoms with van der Waals surface area (Å²) in [5, 5.41) is 0. The summed E-state index contributed by atoms with van der Waals surface area (Å²) in [6, 6.07) is 15.3. The number of cyclic esters (lactones) is 1. The first-order valence-electron chi connectivity index (χ1n) is 8.71. The molecule has 0 unspecified atom stereocenters. The fourth-order valence-electron chi connectivity index (χ4n) is 3.10. The Morgan fingerprint density at radius 1 is 1.07 bits per heavy atom. The Balaban J connectivity index is 1.55. The van der Waals surface area contributed by atoms with Crippen molar-refractivity contribution in [3.05, 3.63) is 65.4 Å². The van der Waals surface area contributed by atoms with Gasteiger partial charge in [-0.25, -0.2) is 9.79 Å². The number of carbonyl (C=O) groups is 2. The number of thioether (sulfide) groups is 1. The molecule has 0 aliphatic carbocycles. The fraction of sp³-hybridized carbons (Fsp3) is 0.190. The number of carbonyl (C=O) groups excluding carboxylic acids is 2. The molecule has 0 radical (unpaired) electrons. The zero-order valence-electron chi connectivity index (χ0n) is 14.8. The lowest BCUT2D eigenvalue weighted by Gasteiger charge is -2.15. The maximum Gasteiger partial charge on any atom is 0.363 e. The third-order valence-corrected chi connectivity index (χ3v) is 5.28. The summed E-state index contributed by atoms with van der Waals surface area (Å²) in [6.07, 6.45) is 5.22. The van der Waals surface area contributed by atoms with Gasteiger partial charge in [0.2, 0.25) is 11.8 Å². The molecule has 0 atom stereocenters. The first-order chi connectivity index (χ1) is 13.1. The Labute approximate surface area is 161 Å². The highest BCUT2D eigenvalue weighted by Crippen LogP contribution is 2.24. The molecule has 6 heteroatoms. The number of hydrogen-bond donors (Lipinski definition) is 0. The third kappa shape index (κ3) is 3.66. The Morgan fingerprint density at radius 2 is 1.81 bits per heavy atom. The van der Waals surface area contributed by atoms with Crippen molar-refractivity contribution in [3.63, 3.8) is 0 Å². The number of anilines is 1. The van der Waals surface area contributed by atoms with E-state index in [1.165, 1.54) is 0 Å². The molecular formula is C21H18N2O3S. The average molecular weight is 378 g/mol. The van der Waals surface area contributed by atoms with Crippen LogP contribution in [0.15, 0.2) is 64.1 Å². The molecule has 27 heavy (non-hydrogen) atoms. The minimum Gasteiger partial charge on any atom is -0.402 e. The normalized spacial score (nSPS) is 18.2. The SMILES string of the molecule is CSc1ccc(C=C2N=C(c3ccc(N4CCCC4=O)cc3)OC2=O)cc1. The van der Waals surface area contributed by atoms with Gasteiger partial charge in [0.1, 0.15) is 0 Å². The molecule has 1 saturated heterocycles. The van der Waals surface area contributed by atoms with Crippen molar-refractivity contribution >= 4 is 41.3 Å². The second-order valence-electron chi connectivity index (χ2n) is 6.31. The van der Waals surface area contributed by atoms with Crippen LogP contribution >= 0.6 is 11.8 Å². The lowest BCUT2D eigenvalue weighted by molar-refractivity contribution is -0.130.